The number of fused-ring (bicyclic) bond motifs is 1. The minimum atomic E-state index is -3.06. The smallest absolute Gasteiger partial charge is 0.387 e. The van der Waals surface area contributed by atoms with E-state index in [4.69, 9.17) is 32.7 Å². The number of hydrogen-bond donors (Lipinski definition) is 2. The number of aryl methyl sites for hydroxylation is 1. The highest BCUT2D eigenvalue weighted by Gasteiger charge is 2.40. The Morgan fingerprint density at radius 1 is 0.981 bits per heavy atom. The molecule has 1 atom stereocenters. The second-order valence-electron chi connectivity index (χ2n) is 12.7. The second-order valence-corrected chi connectivity index (χ2v) is 14.5. The van der Waals surface area contributed by atoms with Crippen LogP contribution >= 0.6 is 34.5 Å². The number of unbranched alkanes of at least 4 members (excludes halogenated alkanes) is 4. The van der Waals surface area contributed by atoms with Crippen molar-refractivity contribution in [1.29, 1.82) is 0 Å². The van der Waals surface area contributed by atoms with Crippen molar-refractivity contribution >= 4 is 63.9 Å². The molecule has 0 saturated carbocycles. The summed E-state index contributed by atoms with van der Waals surface area (Å²) in [7, 11) is 0. The molecule has 0 radical (unpaired) electrons. The highest BCUT2D eigenvalue weighted by molar-refractivity contribution is 7.10. The number of carbonyl (C=O) groups is 4. The summed E-state index contributed by atoms with van der Waals surface area (Å²) in [6, 6.07) is 11.2. The Bertz CT molecular complexity index is 1990. The number of aromatic nitrogens is 1. The second kappa shape index (κ2) is 18.0. The molecule has 2 aromatic heterocycles. The lowest BCUT2D eigenvalue weighted by Crippen LogP contribution is -2.52. The number of imide groups is 1. The molecule has 1 fully saturated rings. The molecule has 54 heavy (non-hydrogen) atoms. The van der Waals surface area contributed by atoms with Crippen LogP contribution < -0.4 is 24.8 Å². The normalized spacial score (nSPS) is 15.3. The van der Waals surface area contributed by atoms with E-state index in [1.165, 1.54) is 47.5 Å². The van der Waals surface area contributed by atoms with Gasteiger partial charge >= 0.3 is 6.61 Å². The fourth-order valence-corrected chi connectivity index (χ4v) is 7.65. The van der Waals surface area contributed by atoms with Crippen molar-refractivity contribution in [2.45, 2.75) is 77.2 Å². The lowest BCUT2D eigenvalue weighted by Gasteiger charge is -2.29. The van der Waals surface area contributed by atoms with E-state index in [-0.39, 0.29) is 57.6 Å². The van der Waals surface area contributed by atoms with E-state index in [2.05, 4.69) is 20.4 Å². The van der Waals surface area contributed by atoms with Crippen LogP contribution in [0.4, 0.5) is 14.5 Å². The van der Waals surface area contributed by atoms with Crippen molar-refractivity contribution in [2.75, 3.05) is 11.9 Å². The zero-order valence-corrected chi connectivity index (χ0v) is 31.2. The lowest BCUT2D eigenvalue weighted by molar-refractivity contribution is -0.136. The summed E-state index contributed by atoms with van der Waals surface area (Å²) < 4.78 is 42.5. The van der Waals surface area contributed by atoms with Crippen molar-refractivity contribution in [2.24, 2.45) is 0 Å². The third-order valence-electron chi connectivity index (χ3n) is 9.06. The van der Waals surface area contributed by atoms with E-state index in [1.807, 2.05) is 24.3 Å². The molecular weight excluding hydrogens is 765 g/mol. The fraction of sp³-hybridized carbons (Fsp3) is 0.342. The van der Waals surface area contributed by atoms with Crippen LogP contribution in [0, 0.1) is 0 Å². The zero-order valence-electron chi connectivity index (χ0n) is 28.9. The van der Waals surface area contributed by atoms with Gasteiger partial charge in [-0.1, -0.05) is 54.6 Å². The number of halogens is 4. The largest absolute Gasteiger partial charge is 0.490 e. The van der Waals surface area contributed by atoms with Crippen LogP contribution in [0.3, 0.4) is 0 Å². The summed E-state index contributed by atoms with van der Waals surface area (Å²) in [6.45, 7) is -2.19. The van der Waals surface area contributed by atoms with Crippen molar-refractivity contribution in [3.8, 4) is 17.2 Å². The van der Waals surface area contributed by atoms with Crippen LogP contribution in [0.1, 0.15) is 81.7 Å². The van der Waals surface area contributed by atoms with Gasteiger partial charge in [0.2, 0.25) is 11.8 Å². The molecule has 1 unspecified atom stereocenters. The Labute approximate surface area is 323 Å². The fourth-order valence-electron chi connectivity index (χ4n) is 6.24. The molecular formula is C38H36Cl2F2N4O7S. The number of rotatable bonds is 17. The van der Waals surface area contributed by atoms with Crippen LogP contribution in [-0.2, 0) is 29.2 Å². The Kier molecular flexibility index (Phi) is 13.0. The maximum Gasteiger partial charge on any atom is 0.387 e. The molecule has 4 heterocycles. The number of benzene rings is 2. The predicted molar refractivity (Wildman–Crippen MR) is 199 cm³/mol. The van der Waals surface area contributed by atoms with Gasteiger partial charge in [0.15, 0.2) is 11.5 Å². The number of amides is 4. The summed E-state index contributed by atoms with van der Waals surface area (Å²) >= 11 is 13.6. The molecule has 284 valence electrons. The number of nitrogens with one attached hydrogen (secondary N) is 2. The Balaban J connectivity index is 0.898. The quantitative estimate of drug-likeness (QED) is 0.0806. The Hall–Kier alpha value is -4.79. The Morgan fingerprint density at radius 3 is 2.46 bits per heavy atom. The van der Waals surface area contributed by atoms with E-state index >= 15 is 0 Å². The van der Waals surface area contributed by atoms with E-state index in [0.717, 1.165) is 42.5 Å². The maximum atomic E-state index is 13.0. The number of nitrogens with zero attached hydrogens (tertiary/aromatic N) is 2. The number of alkyl halides is 2. The molecule has 4 aromatic rings. The predicted octanol–water partition coefficient (Wildman–Crippen LogP) is 8.22. The molecule has 0 aliphatic carbocycles. The van der Waals surface area contributed by atoms with Crippen LogP contribution in [0.2, 0.25) is 10.0 Å². The first-order valence-corrected chi connectivity index (χ1v) is 19.0. The number of pyridine rings is 1. The van der Waals surface area contributed by atoms with Gasteiger partial charge in [0.05, 0.1) is 27.9 Å². The first-order chi connectivity index (χ1) is 26.1. The standard InChI is InChI=1S/C38H36Cl2F2N4O7S/c39-27-17-43-18-28(40)34(27)45-35(48)23-9-13-30(53-38(41)42)31(16-23)51-15-5-3-1-2-4-6-22-7-10-24(11-8-22)52-20-32-25-19-46(37(50)26(25)21-54-32)29-12-14-33(47)44-36(29)49/h7-11,13,16-18,21,29,38H,1-6,12,14-15,19-20H2,(H,43,45,48)(H,44,47,49). The van der Waals surface area contributed by atoms with Crippen LogP contribution in [-0.4, -0.2) is 52.8 Å². The molecule has 11 nitrogen and oxygen atoms in total. The van der Waals surface area contributed by atoms with E-state index < -0.39 is 24.5 Å². The van der Waals surface area contributed by atoms with Crippen molar-refractivity contribution in [3.63, 3.8) is 0 Å². The van der Waals surface area contributed by atoms with Gasteiger partial charge in [-0.3, -0.25) is 29.5 Å². The van der Waals surface area contributed by atoms with Crippen molar-refractivity contribution in [1.82, 2.24) is 15.2 Å². The Morgan fingerprint density at radius 2 is 1.72 bits per heavy atom. The number of thiophene rings is 1. The average molecular weight is 802 g/mol. The zero-order chi connectivity index (χ0) is 38.2. The van der Waals surface area contributed by atoms with Gasteiger partial charge in [-0.25, -0.2) is 0 Å². The topological polar surface area (TPSA) is 136 Å². The van der Waals surface area contributed by atoms with Gasteiger partial charge in [0.25, 0.3) is 11.8 Å². The van der Waals surface area contributed by atoms with Crippen LogP contribution in [0.15, 0.2) is 60.2 Å². The van der Waals surface area contributed by atoms with Gasteiger partial charge in [-0.15, -0.1) is 11.3 Å². The molecule has 16 heteroatoms. The first-order valence-electron chi connectivity index (χ1n) is 17.3. The number of ether oxygens (including phenoxy) is 3. The van der Waals surface area contributed by atoms with Crippen molar-refractivity contribution in [3.05, 3.63) is 97.4 Å². The number of anilines is 1. The highest BCUT2D eigenvalue weighted by Crippen LogP contribution is 2.35. The monoisotopic (exact) mass is 800 g/mol. The van der Waals surface area contributed by atoms with E-state index in [0.29, 0.717) is 37.3 Å². The molecule has 2 aliphatic heterocycles. The lowest BCUT2D eigenvalue weighted by atomic mass is 10.0. The van der Waals surface area contributed by atoms with Crippen molar-refractivity contribution < 1.29 is 42.2 Å². The van der Waals surface area contributed by atoms with Gasteiger partial charge in [-0.2, -0.15) is 8.78 Å². The third kappa shape index (κ3) is 9.65. The van der Waals surface area contributed by atoms with Gasteiger partial charge in [-0.05, 0) is 61.6 Å². The number of piperidine rings is 1. The average Bonchev–Trinajstić information content (AvgIpc) is 3.70. The first kappa shape index (κ1) is 38.9. The summed E-state index contributed by atoms with van der Waals surface area (Å²) in [5.74, 6) is -0.951. The summed E-state index contributed by atoms with van der Waals surface area (Å²) in [5, 5.41) is 7.02. The van der Waals surface area contributed by atoms with Crippen LogP contribution in [0.25, 0.3) is 0 Å². The number of carbonyl (C=O) groups excluding carboxylic acids is 4. The van der Waals surface area contributed by atoms with E-state index in [9.17, 15) is 28.0 Å². The molecule has 2 aliphatic rings. The SMILES string of the molecule is O=C1CCC(N2Cc3c(csc3COc3ccc(CCCCCCCOc4cc(C(=O)Nc5c(Cl)cncc5Cl)ccc4OC(F)F)cc3)C2=O)C(=O)N1. The molecule has 0 spiro atoms. The minimum Gasteiger partial charge on any atom is -0.490 e. The third-order valence-corrected chi connectivity index (χ3v) is 10.6. The molecule has 0 bridgehead atoms. The number of hydrogen-bond acceptors (Lipinski definition) is 9. The minimum absolute atomic E-state index is 0.0214. The summed E-state index contributed by atoms with van der Waals surface area (Å²) in [4.78, 5) is 56.0. The maximum absolute atomic E-state index is 13.0. The molecule has 2 N–H and O–H groups in total. The van der Waals surface area contributed by atoms with Crippen LogP contribution in [0.5, 0.6) is 17.2 Å². The molecule has 2 aromatic carbocycles. The summed E-state index contributed by atoms with van der Waals surface area (Å²) in [5.41, 5.74) is 2.95. The van der Waals surface area contributed by atoms with Gasteiger partial charge in [0.1, 0.15) is 18.4 Å². The molecule has 4 amide bonds. The van der Waals surface area contributed by atoms with E-state index in [1.54, 1.807) is 10.3 Å². The van der Waals surface area contributed by atoms with Gasteiger partial charge in [0, 0.05) is 46.7 Å². The summed E-state index contributed by atoms with van der Waals surface area (Å²) in [6.07, 6.45) is 8.56. The van der Waals surface area contributed by atoms with Gasteiger partial charge < -0.3 is 24.4 Å². The molecule has 6 rings (SSSR count). The highest BCUT2D eigenvalue weighted by atomic mass is 35.5. The molecule has 1 saturated heterocycles.